The van der Waals surface area contributed by atoms with Gasteiger partial charge >= 0.3 is 0 Å². The van der Waals surface area contributed by atoms with Crippen LogP contribution in [-0.4, -0.2) is 21.7 Å². The number of aryl methyl sites for hydroxylation is 1. The zero-order valence-corrected chi connectivity index (χ0v) is 9.37. The van der Waals surface area contributed by atoms with Crippen molar-refractivity contribution in [1.82, 2.24) is 15.2 Å². The minimum absolute atomic E-state index is 0.497. The van der Waals surface area contributed by atoms with Gasteiger partial charge in [0.2, 0.25) is 0 Å². The van der Waals surface area contributed by atoms with Gasteiger partial charge in [-0.25, -0.2) is 4.98 Å². The Balaban J connectivity index is 2.07. The van der Waals surface area contributed by atoms with Crippen molar-refractivity contribution in [2.45, 2.75) is 44.9 Å². The summed E-state index contributed by atoms with van der Waals surface area (Å²) >= 11 is 0. The van der Waals surface area contributed by atoms with Gasteiger partial charge in [-0.3, -0.25) is 5.10 Å². The molecule has 0 aliphatic heterocycles. The van der Waals surface area contributed by atoms with Gasteiger partial charge in [0.25, 0.3) is 0 Å². The maximum Gasteiger partial charge on any atom is 0.154 e. The van der Waals surface area contributed by atoms with E-state index in [1.54, 1.807) is 0 Å². The maximum absolute atomic E-state index is 5.76. The SMILES string of the molecule is CCCc1nc(C2CCCC2CN)n[nH]1. The van der Waals surface area contributed by atoms with Crippen LogP contribution in [0.25, 0.3) is 0 Å². The lowest BCUT2D eigenvalue weighted by Gasteiger charge is -2.13. The molecule has 1 aromatic rings. The Bertz CT molecular complexity index is 307. The molecule has 4 nitrogen and oxygen atoms in total. The number of rotatable bonds is 4. The Morgan fingerprint density at radius 2 is 2.33 bits per heavy atom. The van der Waals surface area contributed by atoms with Gasteiger partial charge in [0.05, 0.1) is 0 Å². The second kappa shape index (κ2) is 4.75. The van der Waals surface area contributed by atoms with Gasteiger partial charge in [0, 0.05) is 12.3 Å². The predicted octanol–water partition coefficient (Wildman–Crippen LogP) is 1.60. The van der Waals surface area contributed by atoms with Crippen LogP contribution in [0.3, 0.4) is 0 Å². The van der Waals surface area contributed by atoms with Gasteiger partial charge in [-0.1, -0.05) is 13.3 Å². The fourth-order valence-electron chi connectivity index (χ4n) is 2.48. The number of hydrogen-bond donors (Lipinski definition) is 2. The zero-order valence-electron chi connectivity index (χ0n) is 9.37. The van der Waals surface area contributed by atoms with Crippen LogP contribution in [0.5, 0.6) is 0 Å². The number of nitrogens with one attached hydrogen (secondary N) is 1. The molecule has 0 radical (unpaired) electrons. The van der Waals surface area contributed by atoms with Crippen molar-refractivity contribution in [2.75, 3.05) is 6.54 Å². The molecule has 1 heterocycles. The first-order chi connectivity index (χ1) is 7.35. The smallest absolute Gasteiger partial charge is 0.154 e. The molecule has 1 fully saturated rings. The van der Waals surface area contributed by atoms with Crippen molar-refractivity contribution in [3.8, 4) is 0 Å². The molecular weight excluding hydrogens is 188 g/mol. The monoisotopic (exact) mass is 208 g/mol. The highest BCUT2D eigenvalue weighted by molar-refractivity contribution is 5.03. The van der Waals surface area contributed by atoms with Crippen molar-refractivity contribution >= 4 is 0 Å². The lowest BCUT2D eigenvalue weighted by Crippen LogP contribution is -2.18. The molecule has 84 valence electrons. The molecule has 2 rings (SSSR count). The standard InChI is InChI=1S/C11H20N4/c1-2-4-10-13-11(15-14-10)9-6-3-5-8(9)7-12/h8-9H,2-7,12H2,1H3,(H,13,14,15). The Kier molecular flexibility index (Phi) is 3.36. The number of nitrogens with two attached hydrogens (primary N) is 1. The molecule has 2 atom stereocenters. The van der Waals surface area contributed by atoms with E-state index < -0.39 is 0 Å². The Morgan fingerprint density at radius 3 is 3.07 bits per heavy atom. The predicted molar refractivity (Wildman–Crippen MR) is 59.5 cm³/mol. The fourth-order valence-corrected chi connectivity index (χ4v) is 2.48. The summed E-state index contributed by atoms with van der Waals surface area (Å²) in [5, 5.41) is 7.35. The summed E-state index contributed by atoms with van der Waals surface area (Å²) < 4.78 is 0. The first-order valence-corrected chi connectivity index (χ1v) is 5.96. The summed E-state index contributed by atoms with van der Waals surface area (Å²) in [6.07, 6.45) is 5.81. The average molecular weight is 208 g/mol. The number of nitrogens with zero attached hydrogens (tertiary/aromatic N) is 2. The minimum atomic E-state index is 0.497. The fraction of sp³-hybridized carbons (Fsp3) is 0.818. The molecule has 2 unspecified atom stereocenters. The van der Waals surface area contributed by atoms with E-state index in [2.05, 4.69) is 22.1 Å². The number of hydrogen-bond acceptors (Lipinski definition) is 3. The summed E-state index contributed by atoms with van der Waals surface area (Å²) in [7, 11) is 0. The number of aromatic amines is 1. The number of aromatic nitrogens is 3. The van der Waals surface area contributed by atoms with E-state index in [1.165, 1.54) is 19.3 Å². The van der Waals surface area contributed by atoms with E-state index in [4.69, 9.17) is 5.73 Å². The zero-order chi connectivity index (χ0) is 10.7. The van der Waals surface area contributed by atoms with Crippen molar-refractivity contribution in [2.24, 2.45) is 11.7 Å². The van der Waals surface area contributed by atoms with Crippen molar-refractivity contribution in [3.05, 3.63) is 11.6 Å². The molecule has 0 amide bonds. The van der Waals surface area contributed by atoms with E-state index >= 15 is 0 Å². The van der Waals surface area contributed by atoms with Crippen LogP contribution in [0.2, 0.25) is 0 Å². The van der Waals surface area contributed by atoms with Gasteiger partial charge in [0.1, 0.15) is 5.82 Å². The molecule has 0 saturated heterocycles. The van der Waals surface area contributed by atoms with Crippen LogP contribution in [0.4, 0.5) is 0 Å². The normalized spacial score (nSPS) is 26.0. The largest absolute Gasteiger partial charge is 0.330 e. The van der Waals surface area contributed by atoms with Gasteiger partial charge < -0.3 is 5.73 Å². The molecule has 0 bridgehead atoms. The highest BCUT2D eigenvalue weighted by atomic mass is 15.2. The third-order valence-corrected chi connectivity index (χ3v) is 3.33. The van der Waals surface area contributed by atoms with Crippen LogP contribution in [0.15, 0.2) is 0 Å². The highest BCUT2D eigenvalue weighted by Crippen LogP contribution is 2.37. The lowest BCUT2D eigenvalue weighted by atomic mass is 9.96. The second-order valence-corrected chi connectivity index (χ2v) is 4.42. The van der Waals surface area contributed by atoms with E-state index in [1.807, 2.05) is 0 Å². The first-order valence-electron chi connectivity index (χ1n) is 5.96. The van der Waals surface area contributed by atoms with E-state index in [0.717, 1.165) is 31.0 Å². The molecule has 4 heteroatoms. The third kappa shape index (κ3) is 2.20. The first kappa shape index (κ1) is 10.6. The minimum Gasteiger partial charge on any atom is -0.330 e. The molecule has 0 spiro atoms. The van der Waals surface area contributed by atoms with Crippen LogP contribution in [-0.2, 0) is 6.42 Å². The Labute approximate surface area is 90.7 Å². The molecule has 0 aromatic carbocycles. The molecular formula is C11H20N4. The Morgan fingerprint density at radius 1 is 1.47 bits per heavy atom. The summed E-state index contributed by atoms with van der Waals surface area (Å²) in [5.74, 6) is 3.11. The lowest BCUT2D eigenvalue weighted by molar-refractivity contribution is 0.478. The second-order valence-electron chi connectivity index (χ2n) is 4.42. The van der Waals surface area contributed by atoms with Crippen LogP contribution in [0, 0.1) is 5.92 Å². The van der Waals surface area contributed by atoms with Crippen molar-refractivity contribution < 1.29 is 0 Å². The summed E-state index contributed by atoms with van der Waals surface area (Å²) in [6.45, 7) is 2.92. The topological polar surface area (TPSA) is 67.6 Å². The van der Waals surface area contributed by atoms with Gasteiger partial charge in [-0.2, -0.15) is 5.10 Å². The van der Waals surface area contributed by atoms with Gasteiger partial charge in [-0.05, 0) is 31.7 Å². The Hall–Kier alpha value is -0.900. The average Bonchev–Trinajstić information content (AvgIpc) is 2.84. The van der Waals surface area contributed by atoms with Crippen LogP contribution in [0.1, 0.15) is 50.2 Å². The number of H-pyrrole nitrogens is 1. The molecule has 3 N–H and O–H groups in total. The van der Waals surface area contributed by atoms with E-state index in [9.17, 15) is 0 Å². The van der Waals surface area contributed by atoms with Gasteiger partial charge in [-0.15, -0.1) is 0 Å². The van der Waals surface area contributed by atoms with Gasteiger partial charge in [0.15, 0.2) is 5.82 Å². The summed E-state index contributed by atoms with van der Waals surface area (Å²) in [5.41, 5.74) is 5.76. The quantitative estimate of drug-likeness (QED) is 0.789. The third-order valence-electron chi connectivity index (χ3n) is 3.33. The summed E-state index contributed by atoms with van der Waals surface area (Å²) in [6, 6.07) is 0. The van der Waals surface area contributed by atoms with E-state index in [-0.39, 0.29) is 0 Å². The molecule has 1 aromatic heterocycles. The van der Waals surface area contributed by atoms with Crippen LogP contribution < -0.4 is 5.73 Å². The van der Waals surface area contributed by atoms with Crippen LogP contribution >= 0.6 is 0 Å². The molecule has 1 saturated carbocycles. The molecule has 1 aliphatic rings. The van der Waals surface area contributed by atoms with Crippen molar-refractivity contribution in [3.63, 3.8) is 0 Å². The maximum atomic E-state index is 5.76. The highest BCUT2D eigenvalue weighted by Gasteiger charge is 2.30. The summed E-state index contributed by atoms with van der Waals surface area (Å²) in [4.78, 5) is 4.56. The van der Waals surface area contributed by atoms with Crippen molar-refractivity contribution in [1.29, 1.82) is 0 Å². The molecule has 15 heavy (non-hydrogen) atoms. The molecule has 1 aliphatic carbocycles. The van der Waals surface area contributed by atoms with E-state index in [0.29, 0.717) is 11.8 Å².